The molecule has 1 atom stereocenters. The highest BCUT2D eigenvalue weighted by Gasteiger charge is 2.05. The summed E-state index contributed by atoms with van der Waals surface area (Å²) in [5.41, 5.74) is 8.03. The molecule has 0 aliphatic rings. The predicted molar refractivity (Wildman–Crippen MR) is 68.4 cm³/mol. The van der Waals surface area contributed by atoms with Crippen molar-refractivity contribution in [2.45, 2.75) is 33.3 Å². The summed E-state index contributed by atoms with van der Waals surface area (Å²) in [4.78, 5) is 0. The van der Waals surface area contributed by atoms with Crippen molar-refractivity contribution >= 4 is 0 Å². The van der Waals surface area contributed by atoms with Crippen LogP contribution in [0.25, 0.3) is 0 Å². The Bertz CT molecular complexity index is 292. The van der Waals surface area contributed by atoms with Gasteiger partial charge in [0, 0.05) is 6.54 Å². The van der Waals surface area contributed by atoms with Crippen LogP contribution in [0.15, 0.2) is 24.3 Å². The third-order valence-electron chi connectivity index (χ3n) is 2.58. The molecular formula is C14H23NO. The third-order valence-corrected chi connectivity index (χ3v) is 2.58. The molecule has 0 heterocycles. The number of rotatable bonds is 6. The molecule has 1 unspecified atom stereocenters. The second-order valence-corrected chi connectivity index (χ2v) is 4.64. The zero-order valence-corrected chi connectivity index (χ0v) is 10.6. The minimum Gasteiger partial charge on any atom is -0.373 e. The molecule has 0 saturated heterocycles. The second kappa shape index (κ2) is 6.66. The van der Waals surface area contributed by atoms with Gasteiger partial charge < -0.3 is 10.5 Å². The molecule has 0 amide bonds. The standard InChI is InChI=1S/C14H23NO/c1-11(2)10-13-4-6-14(7-5-13)12(3)16-9-8-15/h4-7,11-12H,8-10,15H2,1-3H3. The summed E-state index contributed by atoms with van der Waals surface area (Å²) < 4.78 is 5.57. The van der Waals surface area contributed by atoms with Crippen molar-refractivity contribution in [3.63, 3.8) is 0 Å². The summed E-state index contributed by atoms with van der Waals surface area (Å²) >= 11 is 0. The zero-order valence-electron chi connectivity index (χ0n) is 10.6. The molecule has 0 aliphatic heterocycles. The molecular weight excluding hydrogens is 198 g/mol. The maximum Gasteiger partial charge on any atom is 0.0797 e. The highest BCUT2D eigenvalue weighted by molar-refractivity contribution is 5.24. The smallest absolute Gasteiger partial charge is 0.0797 e. The van der Waals surface area contributed by atoms with Crippen LogP contribution in [0.2, 0.25) is 0 Å². The van der Waals surface area contributed by atoms with Crippen molar-refractivity contribution < 1.29 is 4.74 Å². The average Bonchev–Trinajstić information content (AvgIpc) is 2.26. The first-order valence-corrected chi connectivity index (χ1v) is 6.04. The minimum absolute atomic E-state index is 0.136. The van der Waals surface area contributed by atoms with E-state index < -0.39 is 0 Å². The van der Waals surface area contributed by atoms with E-state index in [1.165, 1.54) is 11.1 Å². The minimum atomic E-state index is 0.136. The molecule has 2 N–H and O–H groups in total. The summed E-state index contributed by atoms with van der Waals surface area (Å²) in [5, 5.41) is 0. The Balaban J connectivity index is 2.56. The van der Waals surface area contributed by atoms with E-state index in [1.54, 1.807) is 0 Å². The van der Waals surface area contributed by atoms with Crippen LogP contribution in [0.4, 0.5) is 0 Å². The van der Waals surface area contributed by atoms with E-state index in [-0.39, 0.29) is 6.10 Å². The summed E-state index contributed by atoms with van der Waals surface area (Å²) in [6.07, 6.45) is 1.27. The molecule has 0 bridgehead atoms. The Hall–Kier alpha value is -0.860. The van der Waals surface area contributed by atoms with Gasteiger partial charge in [0.2, 0.25) is 0 Å². The molecule has 1 aromatic rings. The lowest BCUT2D eigenvalue weighted by Crippen LogP contribution is -2.10. The van der Waals surface area contributed by atoms with Gasteiger partial charge in [-0.3, -0.25) is 0 Å². The van der Waals surface area contributed by atoms with E-state index >= 15 is 0 Å². The molecule has 0 aliphatic carbocycles. The summed E-state index contributed by atoms with van der Waals surface area (Å²) in [7, 11) is 0. The maximum absolute atomic E-state index is 5.57. The van der Waals surface area contributed by atoms with E-state index in [0.717, 1.165) is 6.42 Å². The van der Waals surface area contributed by atoms with Crippen LogP contribution in [0.3, 0.4) is 0 Å². The van der Waals surface area contributed by atoms with E-state index in [1.807, 2.05) is 0 Å². The monoisotopic (exact) mass is 221 g/mol. The number of hydrogen-bond donors (Lipinski definition) is 1. The zero-order chi connectivity index (χ0) is 12.0. The van der Waals surface area contributed by atoms with Crippen molar-refractivity contribution in [1.29, 1.82) is 0 Å². The fourth-order valence-corrected chi connectivity index (χ4v) is 1.74. The second-order valence-electron chi connectivity index (χ2n) is 4.64. The molecule has 0 radical (unpaired) electrons. The molecule has 2 nitrogen and oxygen atoms in total. The van der Waals surface area contributed by atoms with Crippen molar-refractivity contribution in [3.05, 3.63) is 35.4 Å². The Morgan fingerprint density at radius 1 is 1.12 bits per heavy atom. The van der Waals surface area contributed by atoms with Gasteiger partial charge in [-0.1, -0.05) is 38.1 Å². The van der Waals surface area contributed by atoms with Crippen molar-refractivity contribution in [2.24, 2.45) is 11.7 Å². The van der Waals surface area contributed by atoms with Gasteiger partial charge >= 0.3 is 0 Å². The normalized spacial score (nSPS) is 13.1. The lowest BCUT2D eigenvalue weighted by Gasteiger charge is -2.13. The Morgan fingerprint density at radius 3 is 2.25 bits per heavy atom. The average molecular weight is 221 g/mol. The number of hydrogen-bond acceptors (Lipinski definition) is 2. The van der Waals surface area contributed by atoms with E-state index in [2.05, 4.69) is 45.0 Å². The summed E-state index contributed by atoms with van der Waals surface area (Å²) in [6.45, 7) is 7.74. The molecule has 0 fully saturated rings. The third kappa shape index (κ3) is 4.33. The van der Waals surface area contributed by atoms with E-state index in [9.17, 15) is 0 Å². The van der Waals surface area contributed by atoms with Crippen LogP contribution in [0.1, 0.15) is 38.0 Å². The van der Waals surface area contributed by atoms with Crippen molar-refractivity contribution in [2.75, 3.05) is 13.2 Å². The highest BCUT2D eigenvalue weighted by Crippen LogP contribution is 2.18. The van der Waals surface area contributed by atoms with Gasteiger partial charge in [-0.15, -0.1) is 0 Å². The molecule has 90 valence electrons. The first-order chi connectivity index (χ1) is 7.63. The molecule has 0 spiro atoms. The van der Waals surface area contributed by atoms with Crippen LogP contribution >= 0.6 is 0 Å². The first kappa shape index (κ1) is 13.2. The molecule has 2 heteroatoms. The Morgan fingerprint density at radius 2 is 1.75 bits per heavy atom. The van der Waals surface area contributed by atoms with Gasteiger partial charge in [0.1, 0.15) is 0 Å². The van der Waals surface area contributed by atoms with Gasteiger partial charge in [0.05, 0.1) is 12.7 Å². The molecule has 0 saturated carbocycles. The first-order valence-electron chi connectivity index (χ1n) is 6.04. The topological polar surface area (TPSA) is 35.2 Å². The quantitative estimate of drug-likeness (QED) is 0.801. The van der Waals surface area contributed by atoms with Crippen molar-refractivity contribution in [3.8, 4) is 0 Å². The SMILES string of the molecule is CC(C)Cc1ccc(C(C)OCCN)cc1. The fraction of sp³-hybridized carbons (Fsp3) is 0.571. The lowest BCUT2D eigenvalue weighted by molar-refractivity contribution is 0.0718. The van der Waals surface area contributed by atoms with Gasteiger partial charge in [0.25, 0.3) is 0 Å². The number of ether oxygens (including phenoxy) is 1. The number of nitrogens with two attached hydrogens (primary N) is 1. The Kier molecular flexibility index (Phi) is 5.50. The van der Waals surface area contributed by atoms with Gasteiger partial charge in [-0.2, -0.15) is 0 Å². The molecule has 16 heavy (non-hydrogen) atoms. The Labute approximate surface area is 98.8 Å². The maximum atomic E-state index is 5.57. The van der Waals surface area contributed by atoms with E-state index in [4.69, 9.17) is 10.5 Å². The molecule has 1 aromatic carbocycles. The van der Waals surface area contributed by atoms with Gasteiger partial charge in [0.15, 0.2) is 0 Å². The van der Waals surface area contributed by atoms with Crippen LogP contribution in [0, 0.1) is 5.92 Å². The van der Waals surface area contributed by atoms with Crippen LogP contribution < -0.4 is 5.73 Å². The van der Waals surface area contributed by atoms with Crippen LogP contribution in [0.5, 0.6) is 0 Å². The fourth-order valence-electron chi connectivity index (χ4n) is 1.74. The molecule has 0 aromatic heterocycles. The highest BCUT2D eigenvalue weighted by atomic mass is 16.5. The predicted octanol–water partition coefficient (Wildman–Crippen LogP) is 2.92. The lowest BCUT2D eigenvalue weighted by atomic mass is 10.0. The largest absolute Gasteiger partial charge is 0.373 e. The van der Waals surface area contributed by atoms with E-state index in [0.29, 0.717) is 19.1 Å². The van der Waals surface area contributed by atoms with Crippen molar-refractivity contribution in [1.82, 2.24) is 0 Å². The van der Waals surface area contributed by atoms with Gasteiger partial charge in [-0.05, 0) is 30.4 Å². The van der Waals surface area contributed by atoms with Crippen LogP contribution in [-0.2, 0) is 11.2 Å². The number of benzene rings is 1. The molecule has 1 rings (SSSR count). The van der Waals surface area contributed by atoms with Crippen LogP contribution in [-0.4, -0.2) is 13.2 Å². The summed E-state index contributed by atoms with van der Waals surface area (Å²) in [6, 6.07) is 8.69. The van der Waals surface area contributed by atoms with Gasteiger partial charge in [-0.25, -0.2) is 0 Å². The summed E-state index contributed by atoms with van der Waals surface area (Å²) in [5.74, 6) is 0.705.